The Kier molecular flexibility index (Phi) is 5.57. The van der Waals surface area contributed by atoms with Crippen LogP contribution < -0.4 is 4.90 Å². The Bertz CT molecular complexity index is 704. The predicted molar refractivity (Wildman–Crippen MR) is 89.3 cm³/mol. The molecule has 0 bridgehead atoms. The summed E-state index contributed by atoms with van der Waals surface area (Å²) in [6.45, 7) is 0. The fourth-order valence-corrected chi connectivity index (χ4v) is 1.83. The van der Waals surface area contributed by atoms with Crippen LogP contribution >= 0.6 is 0 Å². The van der Waals surface area contributed by atoms with Crippen LogP contribution in [0.4, 0.5) is 11.5 Å². The van der Waals surface area contributed by atoms with E-state index in [1.54, 1.807) is 6.20 Å². The Morgan fingerprint density at radius 2 is 1.96 bits per heavy atom. The number of carboxylic acid groups (broad SMARTS) is 1. The Balaban J connectivity index is 1.87. The number of hydrogen-bond donors (Lipinski definition) is 1. The van der Waals surface area contributed by atoms with E-state index >= 15 is 0 Å². The maximum atomic E-state index is 10.7. The molecule has 0 aliphatic rings. The lowest BCUT2D eigenvalue weighted by atomic mass is 10.1. The summed E-state index contributed by atoms with van der Waals surface area (Å²) in [6, 6.07) is 11.2. The van der Waals surface area contributed by atoms with Crippen LogP contribution in [0.5, 0.6) is 0 Å². The maximum absolute atomic E-state index is 10.7. The van der Waals surface area contributed by atoms with Gasteiger partial charge in [-0.15, -0.1) is 5.11 Å². The number of rotatable bonds is 6. The number of benzene rings is 1. The number of carboxylic acids is 1. The Morgan fingerprint density at radius 1 is 1.22 bits per heavy atom. The Morgan fingerprint density at radius 3 is 2.52 bits per heavy atom. The van der Waals surface area contributed by atoms with Crippen LogP contribution in [-0.4, -0.2) is 30.2 Å². The fraction of sp³-hybridized carbons (Fsp3) is 0.176. The van der Waals surface area contributed by atoms with Gasteiger partial charge in [0.05, 0.1) is 5.56 Å². The van der Waals surface area contributed by atoms with Gasteiger partial charge in [0, 0.05) is 32.2 Å². The van der Waals surface area contributed by atoms with Crippen LogP contribution in [0, 0.1) is 0 Å². The molecule has 0 fully saturated rings. The molecule has 0 aliphatic heterocycles. The predicted octanol–water partition coefficient (Wildman–Crippen LogP) is 3.69. The van der Waals surface area contributed by atoms with Crippen LogP contribution in [-0.2, 0) is 6.42 Å². The van der Waals surface area contributed by atoms with Crippen molar-refractivity contribution in [1.82, 2.24) is 4.98 Å². The minimum absolute atomic E-state index is 0.126. The minimum atomic E-state index is -1.01. The molecule has 118 valence electrons. The number of nitrogens with zero attached hydrogens (tertiary/aromatic N) is 4. The average molecular weight is 310 g/mol. The number of anilines is 1. The SMILES string of the molecule is CN(C)c1ccc(C/C=C/N=Nc2ccc(C(=O)O)cn2)cc1. The molecular weight excluding hydrogens is 292 g/mol. The van der Waals surface area contributed by atoms with Crippen molar-refractivity contribution in [3.05, 3.63) is 66.0 Å². The molecule has 23 heavy (non-hydrogen) atoms. The van der Waals surface area contributed by atoms with Crippen LogP contribution in [0.2, 0.25) is 0 Å². The van der Waals surface area contributed by atoms with Gasteiger partial charge in [-0.3, -0.25) is 0 Å². The van der Waals surface area contributed by atoms with Crippen LogP contribution in [0.1, 0.15) is 15.9 Å². The molecule has 6 nitrogen and oxygen atoms in total. The third-order valence-corrected chi connectivity index (χ3v) is 3.13. The van der Waals surface area contributed by atoms with Gasteiger partial charge < -0.3 is 10.0 Å². The largest absolute Gasteiger partial charge is 0.478 e. The summed E-state index contributed by atoms with van der Waals surface area (Å²) in [5.74, 6) is -0.642. The second-order valence-corrected chi connectivity index (χ2v) is 5.08. The lowest BCUT2D eigenvalue weighted by Crippen LogP contribution is -2.08. The lowest BCUT2D eigenvalue weighted by Gasteiger charge is -2.12. The van der Waals surface area contributed by atoms with Gasteiger partial charge in [0.2, 0.25) is 0 Å². The Labute approximate surface area is 134 Å². The molecule has 0 amide bonds. The third-order valence-electron chi connectivity index (χ3n) is 3.13. The zero-order chi connectivity index (χ0) is 16.7. The van der Waals surface area contributed by atoms with Gasteiger partial charge in [-0.05, 0) is 36.2 Å². The van der Waals surface area contributed by atoms with E-state index in [1.165, 1.54) is 23.9 Å². The first-order valence-electron chi connectivity index (χ1n) is 7.08. The van der Waals surface area contributed by atoms with Crippen molar-refractivity contribution in [2.24, 2.45) is 10.2 Å². The molecule has 0 unspecified atom stereocenters. The molecule has 1 aromatic carbocycles. The van der Waals surface area contributed by atoms with Crippen molar-refractivity contribution in [3.63, 3.8) is 0 Å². The number of carbonyl (C=O) groups is 1. The molecule has 2 aromatic rings. The van der Waals surface area contributed by atoms with Gasteiger partial charge in [-0.1, -0.05) is 18.2 Å². The van der Waals surface area contributed by atoms with E-state index in [1.807, 2.05) is 20.2 Å². The lowest BCUT2D eigenvalue weighted by molar-refractivity contribution is 0.0696. The van der Waals surface area contributed by atoms with Gasteiger partial charge in [0.1, 0.15) is 0 Å². The van der Waals surface area contributed by atoms with Crippen LogP contribution in [0.15, 0.2) is 65.1 Å². The molecule has 0 radical (unpaired) electrons. The minimum Gasteiger partial charge on any atom is -0.478 e. The highest BCUT2D eigenvalue weighted by Gasteiger charge is 2.01. The van der Waals surface area contributed by atoms with Crippen molar-refractivity contribution in [1.29, 1.82) is 0 Å². The number of azo groups is 1. The molecule has 0 aliphatic carbocycles. The topological polar surface area (TPSA) is 78.2 Å². The van der Waals surface area contributed by atoms with E-state index < -0.39 is 5.97 Å². The summed E-state index contributed by atoms with van der Waals surface area (Å²) >= 11 is 0. The van der Waals surface area contributed by atoms with Crippen molar-refractivity contribution in [3.8, 4) is 0 Å². The number of hydrogen-bond acceptors (Lipinski definition) is 5. The smallest absolute Gasteiger partial charge is 0.337 e. The second kappa shape index (κ2) is 7.84. The summed E-state index contributed by atoms with van der Waals surface area (Å²) in [5, 5.41) is 16.6. The molecule has 2 rings (SSSR count). The summed E-state index contributed by atoms with van der Waals surface area (Å²) in [6.07, 6.45) is 5.53. The molecular formula is C17H18N4O2. The van der Waals surface area contributed by atoms with Gasteiger partial charge >= 0.3 is 5.97 Å². The summed E-state index contributed by atoms with van der Waals surface area (Å²) < 4.78 is 0. The molecule has 1 N–H and O–H groups in total. The van der Waals surface area contributed by atoms with Gasteiger partial charge in [-0.2, -0.15) is 5.11 Å². The van der Waals surface area contributed by atoms with E-state index in [-0.39, 0.29) is 5.56 Å². The number of aromatic carboxylic acids is 1. The number of pyridine rings is 1. The van der Waals surface area contributed by atoms with Crippen molar-refractivity contribution < 1.29 is 9.90 Å². The van der Waals surface area contributed by atoms with E-state index in [0.717, 1.165) is 12.1 Å². The monoisotopic (exact) mass is 310 g/mol. The standard InChI is InChI=1S/C17H18N4O2/c1-21(2)15-8-5-13(6-9-15)4-3-11-19-20-16-10-7-14(12-18-16)17(22)23/h3,5-12H,4H2,1-2H3,(H,22,23)/b11-3+,20-19?. The first-order valence-corrected chi connectivity index (χ1v) is 7.08. The molecule has 6 heteroatoms. The highest BCUT2D eigenvalue weighted by atomic mass is 16.4. The summed E-state index contributed by atoms with van der Waals surface area (Å²) in [5.41, 5.74) is 2.47. The van der Waals surface area contributed by atoms with Crippen molar-refractivity contribution >= 4 is 17.5 Å². The fourth-order valence-electron chi connectivity index (χ4n) is 1.83. The molecule has 1 aromatic heterocycles. The summed E-state index contributed by atoms with van der Waals surface area (Å²) in [4.78, 5) is 16.7. The first-order chi connectivity index (χ1) is 11.1. The number of aromatic nitrogens is 1. The van der Waals surface area contributed by atoms with Gasteiger partial charge in [-0.25, -0.2) is 9.78 Å². The Hall–Kier alpha value is -3.02. The molecule has 0 spiro atoms. The van der Waals surface area contributed by atoms with Crippen molar-refractivity contribution in [2.45, 2.75) is 6.42 Å². The van der Waals surface area contributed by atoms with Crippen molar-refractivity contribution in [2.75, 3.05) is 19.0 Å². The van der Waals surface area contributed by atoms with Gasteiger partial charge in [0.25, 0.3) is 0 Å². The third kappa shape index (κ3) is 5.03. The van der Waals surface area contributed by atoms with Crippen LogP contribution in [0.25, 0.3) is 0 Å². The van der Waals surface area contributed by atoms with Crippen LogP contribution in [0.3, 0.4) is 0 Å². The zero-order valence-electron chi connectivity index (χ0n) is 13.0. The van der Waals surface area contributed by atoms with E-state index in [2.05, 4.69) is 44.4 Å². The van der Waals surface area contributed by atoms with Gasteiger partial charge in [0.15, 0.2) is 5.82 Å². The molecule has 0 atom stereocenters. The maximum Gasteiger partial charge on any atom is 0.337 e. The first kappa shape index (κ1) is 16.4. The summed E-state index contributed by atoms with van der Waals surface area (Å²) in [7, 11) is 4.01. The highest BCUT2D eigenvalue weighted by molar-refractivity contribution is 5.87. The zero-order valence-corrected chi connectivity index (χ0v) is 13.0. The van der Waals surface area contributed by atoms with E-state index in [9.17, 15) is 4.79 Å². The van der Waals surface area contributed by atoms with E-state index in [0.29, 0.717) is 5.82 Å². The quantitative estimate of drug-likeness (QED) is 0.825. The average Bonchev–Trinajstić information content (AvgIpc) is 2.55. The normalized spacial score (nSPS) is 11.2. The molecule has 0 saturated heterocycles. The number of allylic oxidation sites excluding steroid dienone is 1. The highest BCUT2D eigenvalue weighted by Crippen LogP contribution is 2.13. The molecule has 0 saturated carbocycles. The second-order valence-electron chi connectivity index (χ2n) is 5.08. The molecule has 1 heterocycles. The van der Waals surface area contributed by atoms with E-state index in [4.69, 9.17) is 5.11 Å².